The summed E-state index contributed by atoms with van der Waals surface area (Å²) in [5.41, 5.74) is 8.69. The maximum absolute atomic E-state index is 12.3. The maximum atomic E-state index is 12.3. The number of amides is 1. The largest absolute Gasteiger partial charge is 0.342 e. The van der Waals surface area contributed by atoms with Gasteiger partial charge in [0.05, 0.1) is 0 Å². The van der Waals surface area contributed by atoms with Crippen LogP contribution < -0.4 is 5.73 Å². The molecule has 0 saturated heterocycles. The predicted molar refractivity (Wildman–Crippen MR) is 90.7 cm³/mol. The van der Waals surface area contributed by atoms with Crippen molar-refractivity contribution in [2.75, 3.05) is 13.6 Å². The third-order valence-corrected chi connectivity index (χ3v) is 3.84. The summed E-state index contributed by atoms with van der Waals surface area (Å²) in [6, 6.07) is 18.0. The number of unbranched alkanes of at least 4 members (excludes halogenated alkanes) is 1. The molecule has 116 valence electrons. The molecule has 1 amide bonds. The van der Waals surface area contributed by atoms with E-state index in [2.05, 4.69) is 24.3 Å². The zero-order chi connectivity index (χ0) is 15.8. The van der Waals surface area contributed by atoms with E-state index in [1.165, 1.54) is 5.56 Å². The smallest absolute Gasteiger partial charge is 0.253 e. The average molecular weight is 296 g/mol. The van der Waals surface area contributed by atoms with Gasteiger partial charge < -0.3 is 10.6 Å². The fraction of sp³-hybridized carbons (Fsp3) is 0.316. The van der Waals surface area contributed by atoms with Crippen LogP contribution in [0.25, 0.3) is 0 Å². The Hall–Kier alpha value is -2.13. The first kappa shape index (κ1) is 16.2. The summed E-state index contributed by atoms with van der Waals surface area (Å²) in [6.07, 6.45) is 3.17. The lowest BCUT2D eigenvalue weighted by molar-refractivity contribution is 0.0793. The van der Waals surface area contributed by atoms with Crippen molar-refractivity contribution in [3.8, 4) is 0 Å². The van der Waals surface area contributed by atoms with Crippen LogP contribution >= 0.6 is 0 Å². The van der Waals surface area contributed by atoms with Gasteiger partial charge >= 0.3 is 0 Å². The van der Waals surface area contributed by atoms with Gasteiger partial charge in [0.25, 0.3) is 5.91 Å². The number of hydrogen-bond donors (Lipinski definition) is 1. The normalized spacial score (nSPS) is 10.5. The molecular weight excluding hydrogens is 272 g/mol. The molecule has 0 spiro atoms. The molecule has 0 radical (unpaired) electrons. The minimum Gasteiger partial charge on any atom is -0.342 e. The Morgan fingerprint density at radius 3 is 2.27 bits per heavy atom. The van der Waals surface area contributed by atoms with Crippen LogP contribution in [0.2, 0.25) is 0 Å². The van der Waals surface area contributed by atoms with Crippen LogP contribution in [-0.4, -0.2) is 24.4 Å². The molecule has 2 aromatic rings. The average Bonchev–Trinajstić information content (AvgIpc) is 2.59. The number of rotatable bonds is 7. The highest BCUT2D eigenvalue weighted by molar-refractivity contribution is 5.94. The minimum absolute atomic E-state index is 0.0725. The standard InChI is InChI=1S/C19H24N2O/c1-21(14-6-5-9-16-7-3-2-4-8-16)19(22)18-12-10-17(15-20)11-13-18/h2-4,7-8,10-13H,5-6,9,14-15,20H2,1H3. The Balaban J connectivity index is 1.76. The van der Waals surface area contributed by atoms with E-state index in [0.29, 0.717) is 6.54 Å². The van der Waals surface area contributed by atoms with Crippen LogP contribution in [0.4, 0.5) is 0 Å². The summed E-state index contributed by atoms with van der Waals surface area (Å²) in [7, 11) is 1.86. The predicted octanol–water partition coefficient (Wildman–Crippen LogP) is 3.24. The summed E-state index contributed by atoms with van der Waals surface area (Å²) < 4.78 is 0. The molecule has 0 bridgehead atoms. The van der Waals surface area contributed by atoms with Crippen LogP contribution in [0.3, 0.4) is 0 Å². The molecular formula is C19H24N2O. The van der Waals surface area contributed by atoms with Crippen molar-refractivity contribution in [1.82, 2.24) is 4.90 Å². The van der Waals surface area contributed by atoms with E-state index in [1.54, 1.807) is 4.90 Å². The lowest BCUT2D eigenvalue weighted by Crippen LogP contribution is -2.27. The van der Waals surface area contributed by atoms with Gasteiger partial charge in [-0.2, -0.15) is 0 Å². The summed E-state index contributed by atoms with van der Waals surface area (Å²) in [5, 5.41) is 0. The fourth-order valence-electron chi connectivity index (χ4n) is 2.43. The van der Waals surface area contributed by atoms with Crippen molar-refractivity contribution < 1.29 is 4.79 Å². The molecule has 2 N–H and O–H groups in total. The summed E-state index contributed by atoms with van der Waals surface area (Å²) in [4.78, 5) is 14.1. The first-order valence-corrected chi connectivity index (χ1v) is 7.79. The van der Waals surface area contributed by atoms with Gasteiger partial charge in [0.15, 0.2) is 0 Å². The molecule has 0 atom stereocenters. The van der Waals surface area contributed by atoms with Gasteiger partial charge in [-0.3, -0.25) is 4.79 Å². The van der Waals surface area contributed by atoms with Crippen LogP contribution in [0.1, 0.15) is 34.3 Å². The van der Waals surface area contributed by atoms with Gasteiger partial charge in [-0.15, -0.1) is 0 Å². The van der Waals surface area contributed by atoms with E-state index < -0.39 is 0 Å². The number of aryl methyl sites for hydroxylation is 1. The highest BCUT2D eigenvalue weighted by atomic mass is 16.2. The van der Waals surface area contributed by atoms with E-state index in [9.17, 15) is 4.79 Å². The highest BCUT2D eigenvalue weighted by Crippen LogP contribution is 2.09. The van der Waals surface area contributed by atoms with Gasteiger partial charge in [-0.1, -0.05) is 42.5 Å². The molecule has 0 aliphatic carbocycles. The number of hydrogen-bond acceptors (Lipinski definition) is 2. The zero-order valence-electron chi connectivity index (χ0n) is 13.2. The Labute approximate surface area is 132 Å². The summed E-state index contributed by atoms with van der Waals surface area (Å²) >= 11 is 0. The second-order valence-electron chi connectivity index (χ2n) is 5.57. The summed E-state index contributed by atoms with van der Waals surface area (Å²) in [6.45, 7) is 1.29. The van der Waals surface area contributed by atoms with E-state index in [-0.39, 0.29) is 5.91 Å². The van der Waals surface area contributed by atoms with Crippen LogP contribution in [0.5, 0.6) is 0 Å². The van der Waals surface area contributed by atoms with Crippen molar-refractivity contribution >= 4 is 5.91 Å². The number of nitrogens with zero attached hydrogens (tertiary/aromatic N) is 1. The van der Waals surface area contributed by atoms with Gasteiger partial charge in [0.2, 0.25) is 0 Å². The molecule has 0 saturated carbocycles. The third kappa shape index (κ3) is 4.71. The molecule has 0 fully saturated rings. The SMILES string of the molecule is CN(CCCCc1ccccc1)C(=O)c1ccc(CN)cc1. The zero-order valence-corrected chi connectivity index (χ0v) is 13.2. The van der Waals surface area contributed by atoms with Crippen LogP contribution in [0.15, 0.2) is 54.6 Å². The van der Waals surface area contributed by atoms with E-state index in [1.807, 2.05) is 37.4 Å². The van der Waals surface area contributed by atoms with E-state index in [4.69, 9.17) is 5.73 Å². The molecule has 3 nitrogen and oxygen atoms in total. The molecule has 0 aliphatic heterocycles. The van der Waals surface area contributed by atoms with Gasteiger partial charge in [0.1, 0.15) is 0 Å². The Bertz CT molecular complexity index is 578. The van der Waals surface area contributed by atoms with Gasteiger partial charge in [0, 0.05) is 25.7 Å². The van der Waals surface area contributed by atoms with Crippen LogP contribution in [-0.2, 0) is 13.0 Å². The van der Waals surface area contributed by atoms with E-state index in [0.717, 1.165) is 36.9 Å². The molecule has 2 aromatic carbocycles. The monoisotopic (exact) mass is 296 g/mol. The molecule has 0 aliphatic rings. The van der Waals surface area contributed by atoms with Crippen LogP contribution in [0, 0.1) is 0 Å². The highest BCUT2D eigenvalue weighted by Gasteiger charge is 2.10. The molecule has 3 heteroatoms. The number of carbonyl (C=O) groups excluding carboxylic acids is 1. The Kier molecular flexibility index (Phi) is 6.16. The van der Waals surface area contributed by atoms with Crippen molar-refractivity contribution in [3.63, 3.8) is 0 Å². The third-order valence-electron chi connectivity index (χ3n) is 3.84. The van der Waals surface area contributed by atoms with Crippen molar-refractivity contribution in [1.29, 1.82) is 0 Å². The topological polar surface area (TPSA) is 46.3 Å². The Morgan fingerprint density at radius 2 is 1.64 bits per heavy atom. The van der Waals surface area contributed by atoms with E-state index >= 15 is 0 Å². The number of benzene rings is 2. The number of carbonyl (C=O) groups is 1. The number of nitrogens with two attached hydrogens (primary N) is 1. The summed E-state index contributed by atoms with van der Waals surface area (Å²) in [5.74, 6) is 0.0725. The first-order chi connectivity index (χ1) is 10.7. The first-order valence-electron chi connectivity index (χ1n) is 7.79. The van der Waals surface area contributed by atoms with Gasteiger partial charge in [-0.25, -0.2) is 0 Å². The van der Waals surface area contributed by atoms with Crippen molar-refractivity contribution in [3.05, 3.63) is 71.3 Å². The minimum atomic E-state index is 0.0725. The molecule has 0 aromatic heterocycles. The van der Waals surface area contributed by atoms with Gasteiger partial charge in [-0.05, 0) is 42.5 Å². The quantitative estimate of drug-likeness (QED) is 0.797. The van der Waals surface area contributed by atoms with Crippen molar-refractivity contribution in [2.45, 2.75) is 25.8 Å². The fourth-order valence-corrected chi connectivity index (χ4v) is 2.43. The second-order valence-corrected chi connectivity index (χ2v) is 5.57. The molecule has 0 heterocycles. The molecule has 0 unspecified atom stereocenters. The molecule has 22 heavy (non-hydrogen) atoms. The lowest BCUT2D eigenvalue weighted by Gasteiger charge is -2.17. The second kappa shape index (κ2) is 8.35. The maximum Gasteiger partial charge on any atom is 0.253 e. The molecule has 2 rings (SSSR count). The Morgan fingerprint density at radius 1 is 0.955 bits per heavy atom. The lowest BCUT2D eigenvalue weighted by atomic mass is 10.1. The van der Waals surface area contributed by atoms with Crippen molar-refractivity contribution in [2.24, 2.45) is 5.73 Å².